The van der Waals surface area contributed by atoms with Crippen molar-refractivity contribution in [3.05, 3.63) is 35.0 Å². The summed E-state index contributed by atoms with van der Waals surface area (Å²) < 4.78 is 1.67. The van der Waals surface area contributed by atoms with Gasteiger partial charge in [0.25, 0.3) is 0 Å². The number of hydrogen-bond acceptors (Lipinski definition) is 3. The van der Waals surface area contributed by atoms with Crippen molar-refractivity contribution < 1.29 is 0 Å². The van der Waals surface area contributed by atoms with E-state index < -0.39 is 0 Å². The minimum Gasteiger partial charge on any atom is -0.381 e. The van der Waals surface area contributed by atoms with Crippen molar-refractivity contribution in [1.29, 1.82) is 0 Å². The zero-order valence-corrected chi connectivity index (χ0v) is 8.36. The van der Waals surface area contributed by atoms with Crippen LogP contribution in [0.5, 0.6) is 0 Å². The molecule has 0 spiro atoms. The van der Waals surface area contributed by atoms with Crippen molar-refractivity contribution in [3.63, 3.8) is 0 Å². The Balaban J connectivity index is 2.49. The van der Waals surface area contributed by atoms with E-state index in [-0.39, 0.29) is 0 Å². The Labute approximate surface area is 86.3 Å². The third-order valence-electron chi connectivity index (χ3n) is 2.00. The Hall–Kier alpha value is -1.55. The molecule has 2 N–H and O–H groups in total. The van der Waals surface area contributed by atoms with Crippen molar-refractivity contribution in [3.8, 4) is 5.69 Å². The molecule has 5 heteroatoms. The van der Waals surface area contributed by atoms with E-state index in [1.54, 1.807) is 16.8 Å². The second-order valence-electron chi connectivity index (χ2n) is 2.95. The standard InChI is InChI=1S/C9H9ClN4/c1-6-9(11)12-13-14(6)8-4-2-7(10)3-5-8/h2-5H,11H2,1H3. The quantitative estimate of drug-likeness (QED) is 0.778. The van der Waals surface area contributed by atoms with Crippen molar-refractivity contribution in [2.75, 3.05) is 5.73 Å². The van der Waals surface area contributed by atoms with Crippen LogP contribution in [0.25, 0.3) is 5.69 Å². The fourth-order valence-corrected chi connectivity index (χ4v) is 1.29. The first-order valence-electron chi connectivity index (χ1n) is 4.12. The number of rotatable bonds is 1. The molecule has 0 bridgehead atoms. The molecular weight excluding hydrogens is 200 g/mol. The Morgan fingerprint density at radius 1 is 1.29 bits per heavy atom. The Kier molecular flexibility index (Phi) is 2.13. The van der Waals surface area contributed by atoms with E-state index in [9.17, 15) is 0 Å². The van der Waals surface area contributed by atoms with Gasteiger partial charge >= 0.3 is 0 Å². The summed E-state index contributed by atoms with van der Waals surface area (Å²) >= 11 is 5.77. The second kappa shape index (κ2) is 3.31. The molecule has 0 unspecified atom stereocenters. The first-order chi connectivity index (χ1) is 6.68. The Bertz CT molecular complexity index is 446. The van der Waals surface area contributed by atoms with Gasteiger partial charge in [0.1, 0.15) is 0 Å². The van der Waals surface area contributed by atoms with Gasteiger partial charge in [0, 0.05) is 5.02 Å². The number of halogens is 1. The molecule has 0 aliphatic carbocycles. The van der Waals surface area contributed by atoms with Gasteiger partial charge in [-0.15, -0.1) is 5.10 Å². The predicted molar refractivity (Wildman–Crippen MR) is 55.5 cm³/mol. The molecule has 2 rings (SSSR count). The minimum atomic E-state index is 0.444. The molecule has 0 saturated heterocycles. The highest BCUT2D eigenvalue weighted by Gasteiger charge is 2.05. The Morgan fingerprint density at radius 2 is 1.93 bits per heavy atom. The molecule has 0 aliphatic heterocycles. The average Bonchev–Trinajstić information content (AvgIpc) is 2.50. The highest BCUT2D eigenvalue weighted by Crippen LogP contribution is 2.15. The summed E-state index contributed by atoms with van der Waals surface area (Å²) in [5.41, 5.74) is 7.31. The third kappa shape index (κ3) is 1.44. The van der Waals surface area contributed by atoms with Gasteiger partial charge in [-0.2, -0.15) is 0 Å². The van der Waals surface area contributed by atoms with E-state index in [0.29, 0.717) is 10.8 Å². The van der Waals surface area contributed by atoms with Crippen molar-refractivity contribution in [2.24, 2.45) is 0 Å². The molecule has 0 amide bonds. The van der Waals surface area contributed by atoms with E-state index in [0.717, 1.165) is 11.4 Å². The summed E-state index contributed by atoms with van der Waals surface area (Å²) in [6.07, 6.45) is 0. The number of hydrogen-bond donors (Lipinski definition) is 1. The molecule has 0 radical (unpaired) electrons. The zero-order valence-electron chi connectivity index (χ0n) is 7.61. The van der Waals surface area contributed by atoms with Crippen LogP contribution in [0.15, 0.2) is 24.3 Å². The van der Waals surface area contributed by atoms with Crippen LogP contribution < -0.4 is 5.73 Å². The average molecular weight is 209 g/mol. The summed E-state index contributed by atoms with van der Waals surface area (Å²) in [7, 11) is 0. The lowest BCUT2D eigenvalue weighted by Crippen LogP contribution is -1.99. The maximum Gasteiger partial charge on any atom is 0.169 e. The van der Waals surface area contributed by atoms with Gasteiger partial charge in [-0.05, 0) is 31.2 Å². The molecule has 14 heavy (non-hydrogen) atoms. The van der Waals surface area contributed by atoms with E-state index >= 15 is 0 Å². The molecule has 0 atom stereocenters. The summed E-state index contributed by atoms with van der Waals surface area (Å²) in [5.74, 6) is 0.444. The molecule has 0 aliphatic rings. The van der Waals surface area contributed by atoms with E-state index in [2.05, 4.69) is 10.3 Å². The smallest absolute Gasteiger partial charge is 0.169 e. The van der Waals surface area contributed by atoms with Gasteiger partial charge in [-0.25, -0.2) is 4.68 Å². The molecule has 4 nitrogen and oxygen atoms in total. The van der Waals surface area contributed by atoms with Crippen LogP contribution in [0.1, 0.15) is 5.69 Å². The third-order valence-corrected chi connectivity index (χ3v) is 2.25. The number of nitrogen functional groups attached to an aromatic ring is 1. The fourth-order valence-electron chi connectivity index (χ4n) is 1.17. The summed E-state index contributed by atoms with van der Waals surface area (Å²) in [4.78, 5) is 0. The van der Waals surface area contributed by atoms with Crippen LogP contribution in [-0.4, -0.2) is 15.0 Å². The molecule has 0 saturated carbocycles. The SMILES string of the molecule is Cc1c(N)nnn1-c1ccc(Cl)cc1. The molecule has 1 aromatic heterocycles. The van der Waals surface area contributed by atoms with Gasteiger partial charge < -0.3 is 5.73 Å². The lowest BCUT2D eigenvalue weighted by molar-refractivity contribution is 0.785. The largest absolute Gasteiger partial charge is 0.381 e. The lowest BCUT2D eigenvalue weighted by atomic mass is 10.3. The first-order valence-corrected chi connectivity index (χ1v) is 4.50. The van der Waals surface area contributed by atoms with Crippen LogP contribution in [-0.2, 0) is 0 Å². The lowest BCUT2D eigenvalue weighted by Gasteiger charge is -2.02. The minimum absolute atomic E-state index is 0.444. The van der Waals surface area contributed by atoms with Crippen LogP contribution in [0.3, 0.4) is 0 Å². The molecular formula is C9H9ClN4. The van der Waals surface area contributed by atoms with Crippen LogP contribution in [0.4, 0.5) is 5.82 Å². The van der Waals surface area contributed by atoms with Crippen LogP contribution >= 0.6 is 11.6 Å². The van der Waals surface area contributed by atoms with Crippen molar-refractivity contribution >= 4 is 17.4 Å². The van der Waals surface area contributed by atoms with E-state index in [1.807, 2.05) is 19.1 Å². The van der Waals surface area contributed by atoms with Crippen LogP contribution in [0.2, 0.25) is 5.02 Å². The summed E-state index contributed by atoms with van der Waals surface area (Å²) in [6, 6.07) is 7.33. The normalized spacial score (nSPS) is 10.4. The maximum atomic E-state index is 5.77. The number of nitrogens with zero attached hydrogens (tertiary/aromatic N) is 3. The summed E-state index contributed by atoms with van der Waals surface area (Å²) in [5, 5.41) is 8.38. The monoisotopic (exact) mass is 208 g/mol. The first kappa shape index (κ1) is 9.02. The number of benzene rings is 1. The molecule has 1 aromatic carbocycles. The number of anilines is 1. The topological polar surface area (TPSA) is 56.7 Å². The maximum absolute atomic E-state index is 5.77. The predicted octanol–water partition coefficient (Wildman–Crippen LogP) is 1.81. The van der Waals surface area contributed by atoms with Gasteiger partial charge in [-0.1, -0.05) is 16.8 Å². The van der Waals surface area contributed by atoms with Crippen LogP contribution in [0, 0.1) is 6.92 Å². The second-order valence-corrected chi connectivity index (χ2v) is 3.38. The highest BCUT2D eigenvalue weighted by atomic mass is 35.5. The van der Waals surface area contributed by atoms with Crippen molar-refractivity contribution in [2.45, 2.75) is 6.92 Å². The fraction of sp³-hybridized carbons (Fsp3) is 0.111. The summed E-state index contributed by atoms with van der Waals surface area (Å²) in [6.45, 7) is 1.87. The molecule has 2 aromatic rings. The van der Waals surface area contributed by atoms with E-state index in [1.165, 1.54) is 0 Å². The van der Waals surface area contributed by atoms with Crippen molar-refractivity contribution in [1.82, 2.24) is 15.0 Å². The molecule has 1 heterocycles. The number of nitrogens with two attached hydrogens (primary N) is 1. The van der Waals surface area contributed by atoms with Gasteiger partial charge in [0.2, 0.25) is 0 Å². The zero-order chi connectivity index (χ0) is 10.1. The van der Waals surface area contributed by atoms with Gasteiger partial charge in [0.05, 0.1) is 11.4 Å². The Morgan fingerprint density at radius 3 is 2.43 bits per heavy atom. The molecule has 72 valence electrons. The van der Waals surface area contributed by atoms with Gasteiger partial charge in [-0.3, -0.25) is 0 Å². The van der Waals surface area contributed by atoms with Gasteiger partial charge in [0.15, 0.2) is 5.82 Å². The highest BCUT2D eigenvalue weighted by molar-refractivity contribution is 6.30. The molecule has 0 fully saturated rings. The number of aromatic nitrogens is 3. The van der Waals surface area contributed by atoms with E-state index in [4.69, 9.17) is 17.3 Å².